The molecule has 0 spiro atoms. The summed E-state index contributed by atoms with van der Waals surface area (Å²) >= 11 is 5.25. The second kappa shape index (κ2) is 4.94. The van der Waals surface area contributed by atoms with Crippen LogP contribution in [0.3, 0.4) is 0 Å². The molecule has 0 amide bonds. The van der Waals surface area contributed by atoms with Crippen LogP contribution in [-0.4, -0.2) is 4.98 Å². The van der Waals surface area contributed by atoms with Gasteiger partial charge in [-0.25, -0.2) is 17.6 Å². The number of hydrogen-bond donors (Lipinski definition) is 0. The summed E-state index contributed by atoms with van der Waals surface area (Å²) in [5.74, 6) is -6.57. The molecule has 0 atom stereocenters. The van der Waals surface area contributed by atoms with E-state index in [0.717, 1.165) is 6.20 Å². The van der Waals surface area contributed by atoms with Crippen LogP contribution in [0.4, 0.5) is 17.6 Å². The highest BCUT2D eigenvalue weighted by atomic mass is 35.5. The molecule has 1 aromatic carbocycles. The van der Waals surface area contributed by atoms with Crippen LogP contribution in [0, 0.1) is 23.3 Å². The van der Waals surface area contributed by atoms with Gasteiger partial charge in [0.1, 0.15) is 0 Å². The first-order valence-electron chi connectivity index (χ1n) is 4.89. The van der Waals surface area contributed by atoms with Gasteiger partial charge < -0.3 is 0 Å². The van der Waals surface area contributed by atoms with E-state index in [2.05, 4.69) is 4.98 Å². The Morgan fingerprint density at radius 1 is 1.00 bits per heavy atom. The van der Waals surface area contributed by atoms with Gasteiger partial charge in [0, 0.05) is 23.5 Å². The number of aromatic nitrogens is 1. The SMILES string of the molecule is Fc1c(F)c(-c2cccnc2)c(F)c(F)c1CCl. The lowest BCUT2D eigenvalue weighted by atomic mass is 10.0. The lowest BCUT2D eigenvalue weighted by Gasteiger charge is -2.10. The predicted molar refractivity (Wildman–Crippen MR) is 59.1 cm³/mol. The predicted octanol–water partition coefficient (Wildman–Crippen LogP) is 4.04. The standard InChI is InChI=1S/C12H6ClF4N/c13-4-7-9(14)11(16)8(12(17)10(7)15)6-2-1-3-18-5-6/h1-3,5H,4H2. The summed E-state index contributed by atoms with van der Waals surface area (Å²) in [6.07, 6.45) is 2.49. The minimum absolute atomic E-state index is 0.0496. The van der Waals surface area contributed by atoms with Gasteiger partial charge in [-0.1, -0.05) is 6.07 Å². The molecular formula is C12H6ClF4N. The first kappa shape index (κ1) is 12.8. The molecule has 94 valence electrons. The van der Waals surface area contributed by atoms with E-state index in [1.54, 1.807) is 0 Å². The Morgan fingerprint density at radius 2 is 1.61 bits per heavy atom. The van der Waals surface area contributed by atoms with E-state index >= 15 is 0 Å². The van der Waals surface area contributed by atoms with Crippen LogP contribution < -0.4 is 0 Å². The molecule has 0 radical (unpaired) electrons. The van der Waals surface area contributed by atoms with E-state index in [9.17, 15) is 17.6 Å². The molecule has 1 heterocycles. The Bertz CT molecular complexity index is 557. The van der Waals surface area contributed by atoms with E-state index in [1.165, 1.54) is 18.3 Å². The smallest absolute Gasteiger partial charge is 0.170 e. The quantitative estimate of drug-likeness (QED) is 0.458. The number of nitrogens with zero attached hydrogens (tertiary/aromatic N) is 1. The van der Waals surface area contributed by atoms with Crippen LogP contribution in [0.15, 0.2) is 24.5 Å². The molecule has 0 aliphatic heterocycles. The van der Waals surface area contributed by atoms with Gasteiger partial charge in [0.15, 0.2) is 23.3 Å². The Hall–Kier alpha value is -1.62. The van der Waals surface area contributed by atoms with Gasteiger partial charge in [0.2, 0.25) is 0 Å². The molecule has 0 saturated heterocycles. The van der Waals surface area contributed by atoms with Crippen molar-refractivity contribution in [2.24, 2.45) is 0 Å². The zero-order valence-electron chi connectivity index (χ0n) is 8.85. The van der Waals surface area contributed by atoms with Crippen molar-refractivity contribution in [2.75, 3.05) is 0 Å². The summed E-state index contributed by atoms with van der Waals surface area (Å²) in [6, 6.07) is 2.70. The first-order valence-corrected chi connectivity index (χ1v) is 5.42. The van der Waals surface area contributed by atoms with E-state index in [4.69, 9.17) is 11.6 Å². The topological polar surface area (TPSA) is 12.9 Å². The largest absolute Gasteiger partial charge is 0.264 e. The van der Waals surface area contributed by atoms with Crippen molar-refractivity contribution in [1.29, 1.82) is 0 Å². The van der Waals surface area contributed by atoms with Crippen molar-refractivity contribution in [2.45, 2.75) is 5.88 Å². The lowest BCUT2D eigenvalue weighted by Crippen LogP contribution is -2.05. The van der Waals surface area contributed by atoms with Crippen LogP contribution >= 0.6 is 11.6 Å². The second-order valence-electron chi connectivity index (χ2n) is 3.48. The highest BCUT2D eigenvalue weighted by Crippen LogP contribution is 2.32. The Kier molecular flexibility index (Phi) is 3.52. The summed E-state index contributed by atoms with van der Waals surface area (Å²) in [6.45, 7) is 0. The van der Waals surface area contributed by atoms with Gasteiger partial charge >= 0.3 is 0 Å². The second-order valence-corrected chi connectivity index (χ2v) is 3.75. The number of hydrogen-bond acceptors (Lipinski definition) is 1. The zero-order valence-corrected chi connectivity index (χ0v) is 9.61. The van der Waals surface area contributed by atoms with Crippen molar-refractivity contribution >= 4 is 11.6 Å². The molecule has 6 heteroatoms. The van der Waals surface area contributed by atoms with E-state index in [0.29, 0.717) is 0 Å². The first-order chi connectivity index (χ1) is 8.57. The maximum Gasteiger partial charge on any atom is 0.170 e. The minimum atomic E-state index is -1.48. The molecule has 1 aromatic heterocycles. The van der Waals surface area contributed by atoms with Crippen LogP contribution in [0.1, 0.15) is 5.56 Å². The van der Waals surface area contributed by atoms with Gasteiger partial charge in [-0.2, -0.15) is 0 Å². The summed E-state index contributed by atoms with van der Waals surface area (Å²) < 4.78 is 54.4. The summed E-state index contributed by atoms with van der Waals surface area (Å²) in [7, 11) is 0. The molecule has 2 rings (SSSR count). The molecule has 1 nitrogen and oxygen atoms in total. The van der Waals surface area contributed by atoms with Crippen molar-refractivity contribution in [1.82, 2.24) is 4.98 Å². The van der Waals surface area contributed by atoms with Gasteiger partial charge in [-0.3, -0.25) is 4.98 Å². The number of pyridine rings is 1. The van der Waals surface area contributed by atoms with E-state index in [-0.39, 0.29) is 5.56 Å². The Labute approximate surface area is 105 Å². The molecule has 0 aliphatic carbocycles. The molecule has 0 aliphatic rings. The monoisotopic (exact) mass is 275 g/mol. The van der Waals surface area contributed by atoms with Gasteiger partial charge in [-0.15, -0.1) is 11.6 Å². The van der Waals surface area contributed by atoms with Gasteiger partial charge in [0.05, 0.1) is 11.4 Å². The lowest BCUT2D eigenvalue weighted by molar-refractivity contribution is 0.448. The Balaban J connectivity index is 2.78. The third-order valence-electron chi connectivity index (χ3n) is 2.44. The number of alkyl halides is 1. The fraction of sp³-hybridized carbons (Fsp3) is 0.0833. The van der Waals surface area contributed by atoms with Gasteiger partial charge in [-0.05, 0) is 6.07 Å². The molecule has 0 unspecified atom stereocenters. The zero-order chi connectivity index (χ0) is 13.3. The summed E-state index contributed by atoms with van der Waals surface area (Å²) in [5.41, 5.74) is -1.65. The average molecular weight is 276 g/mol. The van der Waals surface area contributed by atoms with Crippen LogP contribution in [0.25, 0.3) is 11.1 Å². The minimum Gasteiger partial charge on any atom is -0.264 e. The van der Waals surface area contributed by atoms with Crippen LogP contribution in [0.2, 0.25) is 0 Å². The molecule has 2 aromatic rings. The van der Waals surface area contributed by atoms with Gasteiger partial charge in [0.25, 0.3) is 0 Å². The van der Waals surface area contributed by atoms with Crippen LogP contribution in [0.5, 0.6) is 0 Å². The number of benzene rings is 1. The average Bonchev–Trinajstić information content (AvgIpc) is 2.39. The number of rotatable bonds is 2. The normalized spacial score (nSPS) is 10.7. The molecule has 0 bridgehead atoms. The molecule has 0 fully saturated rings. The molecule has 18 heavy (non-hydrogen) atoms. The molecule has 0 N–H and O–H groups in total. The third kappa shape index (κ3) is 1.95. The highest BCUT2D eigenvalue weighted by molar-refractivity contribution is 6.17. The summed E-state index contributed by atoms with van der Waals surface area (Å²) in [5, 5.41) is 0. The van der Waals surface area contributed by atoms with E-state index < -0.39 is 40.3 Å². The van der Waals surface area contributed by atoms with E-state index in [1.807, 2.05) is 0 Å². The molecular weight excluding hydrogens is 270 g/mol. The van der Waals surface area contributed by atoms with Crippen molar-refractivity contribution in [3.8, 4) is 11.1 Å². The fourth-order valence-electron chi connectivity index (χ4n) is 1.56. The number of halogens is 5. The maximum absolute atomic E-state index is 13.7. The van der Waals surface area contributed by atoms with Crippen molar-refractivity contribution in [3.05, 3.63) is 53.4 Å². The fourth-order valence-corrected chi connectivity index (χ4v) is 1.79. The molecule has 0 saturated carbocycles. The van der Waals surface area contributed by atoms with Crippen molar-refractivity contribution in [3.63, 3.8) is 0 Å². The van der Waals surface area contributed by atoms with Crippen LogP contribution in [-0.2, 0) is 5.88 Å². The van der Waals surface area contributed by atoms with Crippen molar-refractivity contribution < 1.29 is 17.6 Å². The maximum atomic E-state index is 13.7. The Morgan fingerprint density at radius 3 is 2.06 bits per heavy atom. The summed E-state index contributed by atoms with van der Waals surface area (Å²) in [4.78, 5) is 3.64. The third-order valence-corrected chi connectivity index (χ3v) is 2.71. The highest BCUT2D eigenvalue weighted by Gasteiger charge is 2.25.